The van der Waals surface area contributed by atoms with E-state index in [2.05, 4.69) is 25.6 Å². The van der Waals surface area contributed by atoms with Gasteiger partial charge in [-0.2, -0.15) is 0 Å². The Hall–Kier alpha value is -3.55. The predicted molar refractivity (Wildman–Crippen MR) is 96.8 cm³/mol. The van der Waals surface area contributed by atoms with Gasteiger partial charge in [0.1, 0.15) is 29.3 Å². The quantitative estimate of drug-likeness (QED) is 0.630. The molecule has 0 aliphatic rings. The molecule has 25 heavy (non-hydrogen) atoms. The maximum atomic E-state index is 6.18. The summed E-state index contributed by atoms with van der Waals surface area (Å²) in [6.07, 6.45) is 3.10. The Labute approximate surface area is 145 Å². The van der Waals surface area contributed by atoms with Crippen molar-refractivity contribution in [3.05, 3.63) is 48.9 Å². The summed E-state index contributed by atoms with van der Waals surface area (Å²) < 4.78 is 10.6. The molecule has 2 aromatic heterocycles. The lowest BCUT2D eigenvalue weighted by Crippen LogP contribution is -2.06. The van der Waals surface area contributed by atoms with Crippen molar-refractivity contribution in [3.63, 3.8) is 0 Å². The SMILES string of the molecule is COc1ccc(Nc2ncnc(Nc3ccccn3)c2N)c(OC)c1. The van der Waals surface area contributed by atoms with Gasteiger partial charge < -0.3 is 25.8 Å². The number of benzene rings is 1. The first-order chi connectivity index (χ1) is 12.2. The van der Waals surface area contributed by atoms with Crippen LogP contribution in [0.4, 0.5) is 28.8 Å². The monoisotopic (exact) mass is 338 g/mol. The van der Waals surface area contributed by atoms with Crippen molar-refractivity contribution in [3.8, 4) is 11.5 Å². The molecule has 0 unspecified atom stereocenters. The molecule has 3 rings (SSSR count). The second-order valence-corrected chi connectivity index (χ2v) is 5.02. The minimum absolute atomic E-state index is 0.367. The van der Waals surface area contributed by atoms with Gasteiger partial charge in [0.25, 0.3) is 0 Å². The van der Waals surface area contributed by atoms with Crippen LogP contribution >= 0.6 is 0 Å². The molecule has 0 radical (unpaired) electrons. The van der Waals surface area contributed by atoms with Gasteiger partial charge in [-0.25, -0.2) is 15.0 Å². The van der Waals surface area contributed by atoms with Gasteiger partial charge in [0.05, 0.1) is 19.9 Å². The molecule has 0 spiro atoms. The highest BCUT2D eigenvalue weighted by Gasteiger charge is 2.12. The number of nitrogen functional groups attached to an aromatic ring is 1. The number of aromatic nitrogens is 3. The van der Waals surface area contributed by atoms with E-state index in [-0.39, 0.29) is 0 Å². The Bertz CT molecular complexity index is 857. The van der Waals surface area contributed by atoms with Crippen LogP contribution in [0.1, 0.15) is 0 Å². The third-order valence-corrected chi connectivity index (χ3v) is 3.46. The molecule has 8 heteroatoms. The Kier molecular flexibility index (Phi) is 4.79. The number of hydrogen-bond donors (Lipinski definition) is 3. The van der Waals surface area contributed by atoms with E-state index >= 15 is 0 Å². The molecular weight excluding hydrogens is 320 g/mol. The molecule has 3 aromatic rings. The molecule has 0 fully saturated rings. The van der Waals surface area contributed by atoms with Crippen LogP contribution < -0.4 is 25.8 Å². The van der Waals surface area contributed by atoms with Gasteiger partial charge in [0.2, 0.25) is 0 Å². The lowest BCUT2D eigenvalue weighted by molar-refractivity contribution is 0.395. The van der Waals surface area contributed by atoms with Gasteiger partial charge in [-0.3, -0.25) is 0 Å². The van der Waals surface area contributed by atoms with Crippen LogP contribution in [0.5, 0.6) is 11.5 Å². The smallest absolute Gasteiger partial charge is 0.160 e. The number of methoxy groups -OCH3 is 2. The van der Waals surface area contributed by atoms with E-state index in [1.54, 1.807) is 26.5 Å². The standard InChI is InChI=1S/C17H18N6O2/c1-24-11-6-7-12(13(9-11)25-2)22-16-15(18)17(21-10-20-16)23-14-5-3-4-8-19-14/h3-10H,18H2,1-2H3,(H2,19,20,21,22,23). The lowest BCUT2D eigenvalue weighted by Gasteiger charge is -2.14. The van der Waals surface area contributed by atoms with E-state index in [0.717, 1.165) is 0 Å². The molecule has 0 aliphatic carbocycles. The fraction of sp³-hybridized carbons (Fsp3) is 0.118. The Morgan fingerprint density at radius 2 is 1.72 bits per heavy atom. The molecule has 128 valence electrons. The minimum Gasteiger partial charge on any atom is -0.497 e. The third-order valence-electron chi connectivity index (χ3n) is 3.46. The lowest BCUT2D eigenvalue weighted by atomic mass is 10.2. The van der Waals surface area contributed by atoms with Gasteiger partial charge >= 0.3 is 0 Å². The summed E-state index contributed by atoms with van der Waals surface area (Å²) in [5.41, 5.74) is 7.26. The summed E-state index contributed by atoms with van der Waals surface area (Å²) in [7, 11) is 3.18. The van der Waals surface area contributed by atoms with E-state index < -0.39 is 0 Å². The van der Waals surface area contributed by atoms with Crippen LogP contribution in [-0.4, -0.2) is 29.2 Å². The van der Waals surface area contributed by atoms with E-state index in [1.165, 1.54) is 6.33 Å². The molecule has 0 amide bonds. The van der Waals surface area contributed by atoms with Crippen LogP contribution in [-0.2, 0) is 0 Å². The molecule has 0 atom stereocenters. The molecule has 8 nitrogen and oxygen atoms in total. The predicted octanol–water partition coefficient (Wildman–Crippen LogP) is 2.96. The Balaban J connectivity index is 1.87. The average Bonchev–Trinajstić information content (AvgIpc) is 2.66. The van der Waals surface area contributed by atoms with Crippen molar-refractivity contribution in [1.82, 2.24) is 15.0 Å². The normalized spacial score (nSPS) is 10.2. The van der Waals surface area contributed by atoms with E-state index in [4.69, 9.17) is 15.2 Å². The summed E-state index contributed by atoms with van der Waals surface area (Å²) in [6.45, 7) is 0. The number of ether oxygens (including phenoxy) is 2. The van der Waals surface area contributed by atoms with Gasteiger partial charge in [0.15, 0.2) is 11.6 Å². The van der Waals surface area contributed by atoms with Gasteiger partial charge in [-0.15, -0.1) is 0 Å². The number of anilines is 5. The molecule has 0 saturated heterocycles. The van der Waals surface area contributed by atoms with Gasteiger partial charge in [-0.05, 0) is 24.3 Å². The molecule has 0 bridgehead atoms. The Morgan fingerprint density at radius 3 is 2.40 bits per heavy atom. The first kappa shape index (κ1) is 16.3. The molecule has 1 aromatic carbocycles. The van der Waals surface area contributed by atoms with Crippen LogP contribution in [0.3, 0.4) is 0 Å². The zero-order valence-corrected chi connectivity index (χ0v) is 13.9. The number of nitrogens with two attached hydrogens (primary N) is 1. The van der Waals surface area contributed by atoms with Crippen molar-refractivity contribution < 1.29 is 9.47 Å². The van der Waals surface area contributed by atoms with Crippen molar-refractivity contribution in [1.29, 1.82) is 0 Å². The third kappa shape index (κ3) is 3.69. The van der Waals surface area contributed by atoms with Crippen LogP contribution in [0.15, 0.2) is 48.9 Å². The first-order valence-electron chi connectivity index (χ1n) is 7.49. The fourth-order valence-corrected chi connectivity index (χ4v) is 2.18. The van der Waals surface area contributed by atoms with Gasteiger partial charge in [-0.1, -0.05) is 6.07 Å². The zero-order chi connectivity index (χ0) is 17.6. The topological polar surface area (TPSA) is 107 Å². The second-order valence-electron chi connectivity index (χ2n) is 5.02. The van der Waals surface area contributed by atoms with Crippen LogP contribution in [0.2, 0.25) is 0 Å². The summed E-state index contributed by atoms with van der Waals surface area (Å²) in [5.74, 6) is 2.86. The molecule has 2 heterocycles. The minimum atomic E-state index is 0.367. The molecular formula is C17H18N6O2. The van der Waals surface area contributed by atoms with Crippen molar-refractivity contribution in [2.45, 2.75) is 0 Å². The number of nitrogens with zero attached hydrogens (tertiary/aromatic N) is 3. The summed E-state index contributed by atoms with van der Waals surface area (Å²) >= 11 is 0. The highest BCUT2D eigenvalue weighted by Crippen LogP contribution is 2.34. The zero-order valence-electron chi connectivity index (χ0n) is 13.9. The maximum Gasteiger partial charge on any atom is 0.160 e. The largest absolute Gasteiger partial charge is 0.497 e. The summed E-state index contributed by atoms with van der Waals surface area (Å²) in [4.78, 5) is 12.6. The Morgan fingerprint density at radius 1 is 0.920 bits per heavy atom. The van der Waals surface area contributed by atoms with Crippen molar-refractivity contribution >= 4 is 28.8 Å². The van der Waals surface area contributed by atoms with Crippen molar-refractivity contribution in [2.24, 2.45) is 0 Å². The first-order valence-corrected chi connectivity index (χ1v) is 7.49. The maximum absolute atomic E-state index is 6.18. The number of pyridine rings is 1. The highest BCUT2D eigenvalue weighted by atomic mass is 16.5. The van der Waals surface area contributed by atoms with Crippen LogP contribution in [0, 0.1) is 0 Å². The molecule has 4 N–H and O–H groups in total. The number of rotatable bonds is 6. The van der Waals surface area contributed by atoms with E-state index in [1.807, 2.05) is 30.3 Å². The second kappa shape index (κ2) is 7.35. The summed E-state index contributed by atoms with van der Waals surface area (Å²) in [5, 5.41) is 6.22. The highest BCUT2D eigenvalue weighted by molar-refractivity contribution is 5.81. The average molecular weight is 338 g/mol. The molecule has 0 saturated carbocycles. The number of hydrogen-bond acceptors (Lipinski definition) is 8. The van der Waals surface area contributed by atoms with Crippen LogP contribution in [0.25, 0.3) is 0 Å². The van der Waals surface area contributed by atoms with E-state index in [0.29, 0.717) is 40.3 Å². The number of nitrogens with one attached hydrogen (secondary N) is 2. The summed E-state index contributed by atoms with van der Waals surface area (Å²) in [6, 6.07) is 10.9. The van der Waals surface area contributed by atoms with Gasteiger partial charge in [0, 0.05) is 12.3 Å². The fourth-order valence-electron chi connectivity index (χ4n) is 2.18. The molecule has 0 aliphatic heterocycles. The van der Waals surface area contributed by atoms with E-state index in [9.17, 15) is 0 Å². The van der Waals surface area contributed by atoms with Crippen molar-refractivity contribution in [2.75, 3.05) is 30.6 Å².